The van der Waals surface area contributed by atoms with E-state index in [9.17, 15) is 28.6 Å². The highest BCUT2D eigenvalue weighted by atomic mass is 19.1. The summed E-state index contributed by atoms with van der Waals surface area (Å²) >= 11 is 0. The summed E-state index contributed by atoms with van der Waals surface area (Å²) in [6, 6.07) is 7.97. The van der Waals surface area contributed by atoms with E-state index in [1.807, 2.05) is 0 Å². The van der Waals surface area contributed by atoms with Crippen LogP contribution in [-0.2, 0) is 9.47 Å². The van der Waals surface area contributed by atoms with Crippen molar-refractivity contribution in [1.29, 1.82) is 0 Å². The molecule has 4 atom stereocenters. The lowest BCUT2D eigenvalue weighted by atomic mass is 9.96. The van der Waals surface area contributed by atoms with Crippen LogP contribution in [0, 0.1) is 11.6 Å². The molecule has 0 radical (unpaired) electrons. The first-order valence-corrected chi connectivity index (χ1v) is 11.6. The Labute approximate surface area is 206 Å². The van der Waals surface area contributed by atoms with E-state index < -0.39 is 48.2 Å². The number of aliphatic hydroxyl groups is 2. The highest BCUT2D eigenvalue weighted by molar-refractivity contribution is 6.39. The number of fused-ring (bicyclic) bond motifs is 10. The molecule has 2 aliphatic heterocycles. The van der Waals surface area contributed by atoms with Gasteiger partial charge in [0.05, 0.1) is 33.8 Å². The van der Waals surface area contributed by atoms with Gasteiger partial charge in [0.15, 0.2) is 12.5 Å². The molecule has 3 aromatic carbocycles. The van der Waals surface area contributed by atoms with Crippen LogP contribution < -0.4 is 5.32 Å². The molecule has 1 unspecified atom stereocenters. The van der Waals surface area contributed by atoms with Crippen LogP contribution in [-0.4, -0.2) is 57.2 Å². The number of aliphatic hydroxyl groups excluding tert-OH is 2. The predicted octanol–water partition coefficient (Wildman–Crippen LogP) is 3.20. The Morgan fingerprint density at radius 3 is 2.41 bits per heavy atom. The molecular weight excluding hydrogens is 488 g/mol. The minimum Gasteiger partial charge on any atom is -0.390 e. The summed E-state index contributed by atoms with van der Waals surface area (Å²) < 4.78 is 41.8. The number of benzene rings is 3. The van der Waals surface area contributed by atoms with Gasteiger partial charge in [0, 0.05) is 40.6 Å². The van der Waals surface area contributed by atoms with Crippen LogP contribution in [0.5, 0.6) is 0 Å². The van der Waals surface area contributed by atoms with Crippen LogP contribution in [0.4, 0.5) is 8.78 Å². The van der Waals surface area contributed by atoms with E-state index in [1.165, 1.54) is 43.5 Å². The van der Waals surface area contributed by atoms with E-state index in [0.717, 1.165) is 0 Å². The Morgan fingerprint density at radius 1 is 1.00 bits per heavy atom. The smallest absolute Gasteiger partial charge is 0.259 e. The Bertz CT molecular complexity index is 1830. The van der Waals surface area contributed by atoms with Gasteiger partial charge in [-0.25, -0.2) is 8.78 Å². The zero-order valence-corrected chi connectivity index (χ0v) is 19.2. The second kappa shape index (κ2) is 7.56. The van der Waals surface area contributed by atoms with Gasteiger partial charge in [-0.05, 0) is 36.4 Å². The second-order valence-electron chi connectivity index (χ2n) is 9.34. The molecule has 0 saturated carbocycles. The number of aromatic nitrogens is 2. The van der Waals surface area contributed by atoms with Gasteiger partial charge in [-0.2, -0.15) is 0 Å². The number of methoxy groups -OCH3 is 1. The topological polar surface area (TPSA) is 126 Å². The fraction of sp³-hybridized carbons (Fsp3) is 0.231. The third-order valence-electron chi connectivity index (χ3n) is 7.32. The van der Waals surface area contributed by atoms with Crippen LogP contribution in [0.15, 0.2) is 36.4 Å². The normalized spacial score (nSPS) is 24.0. The Hall–Kier alpha value is -3.90. The van der Waals surface area contributed by atoms with E-state index in [-0.39, 0.29) is 22.9 Å². The van der Waals surface area contributed by atoms with Crippen molar-refractivity contribution in [3.05, 3.63) is 59.2 Å². The molecule has 11 heteroatoms. The number of H-pyrrole nitrogens is 1. The number of rotatable bonds is 2. The number of hydrogen-bond acceptors (Lipinski definition) is 6. The van der Waals surface area contributed by atoms with Crippen molar-refractivity contribution in [3.8, 4) is 0 Å². The molecule has 7 rings (SSSR count). The monoisotopic (exact) mass is 507 g/mol. The van der Waals surface area contributed by atoms with Gasteiger partial charge in [0.25, 0.3) is 11.8 Å². The van der Waals surface area contributed by atoms with E-state index >= 15 is 0 Å². The summed E-state index contributed by atoms with van der Waals surface area (Å²) in [6.45, 7) is 0. The zero-order valence-electron chi connectivity index (χ0n) is 19.2. The maximum Gasteiger partial charge on any atom is 0.259 e. The average molecular weight is 507 g/mol. The molecular formula is C26H19F2N3O6. The Kier molecular flexibility index (Phi) is 4.56. The average Bonchev–Trinajstić information content (AvgIpc) is 3.49. The molecule has 2 aliphatic rings. The van der Waals surface area contributed by atoms with Crippen molar-refractivity contribution in [2.75, 3.05) is 7.11 Å². The van der Waals surface area contributed by atoms with Crippen molar-refractivity contribution < 1.29 is 38.1 Å². The van der Waals surface area contributed by atoms with Crippen LogP contribution in [0.3, 0.4) is 0 Å². The summed E-state index contributed by atoms with van der Waals surface area (Å²) in [5.74, 6) is -2.45. The molecule has 0 spiro atoms. The lowest BCUT2D eigenvalue weighted by Crippen LogP contribution is -2.46. The molecule has 2 aromatic heterocycles. The van der Waals surface area contributed by atoms with Gasteiger partial charge >= 0.3 is 0 Å². The second-order valence-corrected chi connectivity index (χ2v) is 9.34. The number of ether oxygens (including phenoxy) is 2. The minimum absolute atomic E-state index is 0.0150. The number of carbonyl (C=O) groups is 2. The molecule has 1 fully saturated rings. The lowest BCUT2D eigenvalue weighted by Gasteiger charge is -2.37. The molecule has 37 heavy (non-hydrogen) atoms. The SMILES string of the molecule is CO[C@H]1C[C@H](O)[C@@H](O)C(n2c3ccc(F)cc3c3c4c(c5c6cc(F)ccc6[nH]c5c32)C(=O)NC4=O)O1. The lowest BCUT2D eigenvalue weighted by molar-refractivity contribution is -0.263. The van der Waals surface area contributed by atoms with Gasteiger partial charge in [0.1, 0.15) is 17.7 Å². The number of amides is 2. The van der Waals surface area contributed by atoms with Crippen molar-refractivity contribution >= 4 is 55.4 Å². The van der Waals surface area contributed by atoms with Gasteiger partial charge < -0.3 is 29.2 Å². The molecule has 1 saturated heterocycles. The third-order valence-corrected chi connectivity index (χ3v) is 7.32. The number of imide groups is 1. The number of aromatic amines is 1. The number of halogens is 2. The maximum atomic E-state index is 14.6. The van der Waals surface area contributed by atoms with Crippen molar-refractivity contribution in [1.82, 2.24) is 14.9 Å². The third kappa shape index (κ3) is 2.90. The molecule has 4 N–H and O–H groups in total. The van der Waals surface area contributed by atoms with Gasteiger partial charge in [-0.1, -0.05) is 0 Å². The molecule has 0 aliphatic carbocycles. The van der Waals surface area contributed by atoms with E-state index in [0.29, 0.717) is 38.2 Å². The summed E-state index contributed by atoms with van der Waals surface area (Å²) in [7, 11) is 1.40. The van der Waals surface area contributed by atoms with Crippen LogP contribution in [0.1, 0.15) is 33.4 Å². The van der Waals surface area contributed by atoms with Crippen molar-refractivity contribution in [2.24, 2.45) is 0 Å². The Balaban J connectivity index is 1.73. The van der Waals surface area contributed by atoms with Crippen molar-refractivity contribution in [2.45, 2.75) is 31.1 Å². The first kappa shape index (κ1) is 22.3. The van der Waals surface area contributed by atoms with Crippen LogP contribution >= 0.6 is 0 Å². The zero-order chi connectivity index (χ0) is 25.7. The van der Waals surface area contributed by atoms with Gasteiger partial charge in [-0.3, -0.25) is 14.9 Å². The molecule has 0 bridgehead atoms. The minimum atomic E-state index is -1.41. The van der Waals surface area contributed by atoms with Crippen LogP contribution in [0.2, 0.25) is 0 Å². The van der Waals surface area contributed by atoms with Crippen LogP contribution in [0.25, 0.3) is 43.6 Å². The molecule has 5 aromatic rings. The summed E-state index contributed by atoms with van der Waals surface area (Å²) in [6.07, 6.45) is -4.65. The highest BCUT2D eigenvalue weighted by Crippen LogP contribution is 2.46. The van der Waals surface area contributed by atoms with E-state index in [1.54, 1.807) is 4.57 Å². The largest absolute Gasteiger partial charge is 0.390 e. The Morgan fingerprint density at radius 2 is 1.68 bits per heavy atom. The first-order chi connectivity index (χ1) is 17.8. The predicted molar refractivity (Wildman–Crippen MR) is 128 cm³/mol. The van der Waals surface area contributed by atoms with Crippen molar-refractivity contribution in [3.63, 3.8) is 0 Å². The standard InChI is InChI=1S/C26H19F2N3O6/c1-36-16-8-15(32)23(33)26(37-16)31-14-5-3-10(28)7-12(14)18-20-19(24(34)30-25(20)35)17-11-6-9(27)2-4-13(11)29-21(17)22(18)31/h2-7,15-16,23,26,29,32-33H,8H2,1H3,(H,30,34,35)/t15-,16+,23+,26?/m0/s1. The number of nitrogens with zero attached hydrogens (tertiary/aromatic N) is 1. The fourth-order valence-electron chi connectivity index (χ4n) is 5.77. The van der Waals surface area contributed by atoms with Gasteiger partial charge in [-0.15, -0.1) is 0 Å². The number of nitrogens with one attached hydrogen (secondary N) is 2. The fourth-order valence-corrected chi connectivity index (χ4v) is 5.77. The summed E-state index contributed by atoms with van der Waals surface area (Å²) in [4.78, 5) is 29.4. The van der Waals surface area contributed by atoms with Gasteiger partial charge in [0.2, 0.25) is 0 Å². The quantitative estimate of drug-likeness (QED) is 0.272. The number of hydrogen-bond donors (Lipinski definition) is 4. The molecule has 188 valence electrons. The number of carbonyl (C=O) groups excluding carboxylic acids is 2. The molecule has 2 amide bonds. The van der Waals surface area contributed by atoms with E-state index in [4.69, 9.17) is 9.47 Å². The maximum absolute atomic E-state index is 14.6. The highest BCUT2D eigenvalue weighted by Gasteiger charge is 2.42. The first-order valence-electron chi connectivity index (χ1n) is 11.6. The summed E-state index contributed by atoms with van der Waals surface area (Å²) in [5.41, 5.74) is 1.63. The van der Waals surface area contributed by atoms with E-state index in [2.05, 4.69) is 10.3 Å². The summed E-state index contributed by atoms with van der Waals surface area (Å²) in [5, 5.41) is 25.1. The molecule has 9 nitrogen and oxygen atoms in total. The molecule has 4 heterocycles.